The molecule has 1 fully saturated rings. The van der Waals surface area contributed by atoms with E-state index in [0.717, 1.165) is 12.3 Å². The molecule has 2 heteroatoms. The van der Waals surface area contributed by atoms with Crippen molar-refractivity contribution in [1.29, 1.82) is 0 Å². The Kier molecular flexibility index (Phi) is 5.27. The first-order valence-corrected chi connectivity index (χ1v) is 7.63. The number of allylic oxidation sites excluding steroid dienone is 2. The van der Waals surface area contributed by atoms with Crippen LogP contribution in [0.15, 0.2) is 12.2 Å². The summed E-state index contributed by atoms with van der Waals surface area (Å²) in [5, 5.41) is 0. The van der Waals surface area contributed by atoms with Crippen molar-refractivity contribution in [3.8, 4) is 0 Å². The molecule has 0 spiro atoms. The summed E-state index contributed by atoms with van der Waals surface area (Å²) in [7, 11) is 0. The molecule has 0 amide bonds. The molecule has 0 saturated heterocycles. The maximum Gasteiger partial charge on any atom is 0.305 e. The van der Waals surface area contributed by atoms with Gasteiger partial charge in [0.05, 0.1) is 6.61 Å². The van der Waals surface area contributed by atoms with E-state index in [2.05, 4.69) is 19.1 Å². The zero-order chi connectivity index (χ0) is 12.8. The van der Waals surface area contributed by atoms with Gasteiger partial charge in [-0.15, -0.1) is 0 Å². The first-order chi connectivity index (χ1) is 8.79. The molecule has 2 nitrogen and oxygen atoms in total. The minimum Gasteiger partial charge on any atom is -0.465 e. The molecule has 2 aliphatic rings. The van der Waals surface area contributed by atoms with Crippen molar-refractivity contribution in [2.45, 2.75) is 58.3 Å². The van der Waals surface area contributed by atoms with E-state index in [1.54, 1.807) is 0 Å². The number of carbonyl (C=O) groups is 1. The second-order valence-electron chi connectivity index (χ2n) is 5.89. The molecule has 0 aromatic heterocycles. The SMILES string of the molecule is CCCCCCCC(=O)OCC1CC2C=CC1C2. The molecule has 2 rings (SSSR count). The lowest BCUT2D eigenvalue weighted by Gasteiger charge is -2.17. The Morgan fingerprint density at radius 2 is 2.00 bits per heavy atom. The van der Waals surface area contributed by atoms with Crippen molar-refractivity contribution < 1.29 is 9.53 Å². The van der Waals surface area contributed by atoms with Crippen LogP contribution in [0.5, 0.6) is 0 Å². The molecule has 0 aliphatic heterocycles. The summed E-state index contributed by atoms with van der Waals surface area (Å²) in [6.07, 6.45) is 13.7. The first kappa shape index (κ1) is 13.6. The molecule has 3 unspecified atom stereocenters. The van der Waals surface area contributed by atoms with Gasteiger partial charge in [0.1, 0.15) is 0 Å². The van der Waals surface area contributed by atoms with Gasteiger partial charge in [-0.2, -0.15) is 0 Å². The second-order valence-corrected chi connectivity index (χ2v) is 5.89. The maximum absolute atomic E-state index is 11.6. The molecule has 2 bridgehead atoms. The van der Waals surface area contributed by atoms with Crippen molar-refractivity contribution in [3.63, 3.8) is 0 Å². The number of hydrogen-bond donors (Lipinski definition) is 0. The molecule has 0 aromatic rings. The van der Waals surface area contributed by atoms with Crippen molar-refractivity contribution >= 4 is 5.97 Å². The normalized spacial score (nSPS) is 28.8. The quantitative estimate of drug-likeness (QED) is 0.368. The van der Waals surface area contributed by atoms with Crippen LogP contribution >= 0.6 is 0 Å². The van der Waals surface area contributed by atoms with Crippen LogP contribution in [-0.2, 0) is 9.53 Å². The highest BCUT2D eigenvalue weighted by Crippen LogP contribution is 2.43. The number of fused-ring (bicyclic) bond motifs is 2. The summed E-state index contributed by atoms with van der Waals surface area (Å²) in [5.74, 6) is 2.07. The van der Waals surface area contributed by atoms with Gasteiger partial charge in [0.15, 0.2) is 0 Å². The number of unbranched alkanes of at least 4 members (excludes halogenated alkanes) is 4. The van der Waals surface area contributed by atoms with Crippen molar-refractivity contribution in [2.75, 3.05) is 6.61 Å². The van der Waals surface area contributed by atoms with Gasteiger partial charge in [0.25, 0.3) is 0 Å². The van der Waals surface area contributed by atoms with Crippen LogP contribution in [0.2, 0.25) is 0 Å². The predicted molar refractivity (Wildman–Crippen MR) is 73.2 cm³/mol. The third kappa shape index (κ3) is 3.86. The lowest BCUT2D eigenvalue weighted by atomic mass is 9.95. The van der Waals surface area contributed by atoms with E-state index in [0.29, 0.717) is 24.9 Å². The molecule has 1 saturated carbocycles. The summed E-state index contributed by atoms with van der Waals surface area (Å²) in [4.78, 5) is 11.6. The zero-order valence-corrected chi connectivity index (χ0v) is 11.6. The largest absolute Gasteiger partial charge is 0.465 e. The Bertz CT molecular complexity index is 295. The number of rotatable bonds is 8. The highest BCUT2D eigenvalue weighted by atomic mass is 16.5. The molecular weight excluding hydrogens is 224 g/mol. The fraction of sp³-hybridized carbons (Fsp3) is 0.812. The summed E-state index contributed by atoms with van der Waals surface area (Å²) in [6, 6.07) is 0. The van der Waals surface area contributed by atoms with E-state index in [1.165, 1.54) is 38.5 Å². The van der Waals surface area contributed by atoms with E-state index < -0.39 is 0 Å². The van der Waals surface area contributed by atoms with Crippen molar-refractivity contribution in [1.82, 2.24) is 0 Å². The van der Waals surface area contributed by atoms with Gasteiger partial charge in [0.2, 0.25) is 0 Å². The lowest BCUT2D eigenvalue weighted by Crippen LogP contribution is -2.17. The van der Waals surface area contributed by atoms with Gasteiger partial charge >= 0.3 is 5.97 Å². The fourth-order valence-corrected chi connectivity index (χ4v) is 3.23. The van der Waals surface area contributed by atoms with E-state index >= 15 is 0 Å². The minimum absolute atomic E-state index is 0.0123. The summed E-state index contributed by atoms with van der Waals surface area (Å²) >= 11 is 0. The molecule has 2 aliphatic carbocycles. The van der Waals surface area contributed by atoms with Crippen LogP contribution in [0.25, 0.3) is 0 Å². The Morgan fingerprint density at radius 1 is 1.17 bits per heavy atom. The number of carbonyl (C=O) groups excluding carboxylic acids is 1. The van der Waals surface area contributed by atoms with Gasteiger partial charge in [-0.25, -0.2) is 0 Å². The molecule has 0 aromatic carbocycles. The molecule has 0 heterocycles. The van der Waals surface area contributed by atoms with Crippen molar-refractivity contribution in [3.05, 3.63) is 12.2 Å². The van der Waals surface area contributed by atoms with Gasteiger partial charge in [0, 0.05) is 6.42 Å². The van der Waals surface area contributed by atoms with Crippen LogP contribution in [0.3, 0.4) is 0 Å². The molecule has 0 N–H and O–H groups in total. The summed E-state index contributed by atoms with van der Waals surface area (Å²) in [5.41, 5.74) is 0. The number of hydrogen-bond acceptors (Lipinski definition) is 2. The zero-order valence-electron chi connectivity index (χ0n) is 11.6. The maximum atomic E-state index is 11.6. The second kappa shape index (κ2) is 6.96. The third-order valence-corrected chi connectivity index (χ3v) is 4.36. The standard InChI is InChI=1S/C16H26O2/c1-2-3-4-5-6-7-16(17)18-12-15-11-13-8-9-14(15)10-13/h8-9,13-15H,2-7,10-12H2,1H3. The van der Waals surface area contributed by atoms with Crippen molar-refractivity contribution in [2.24, 2.45) is 17.8 Å². The van der Waals surface area contributed by atoms with Gasteiger partial charge in [-0.1, -0.05) is 44.8 Å². The minimum atomic E-state index is 0.0123. The molecule has 18 heavy (non-hydrogen) atoms. The van der Waals surface area contributed by atoms with E-state index in [4.69, 9.17) is 4.74 Å². The van der Waals surface area contributed by atoms with Crippen LogP contribution in [0.1, 0.15) is 58.3 Å². The van der Waals surface area contributed by atoms with E-state index in [1.807, 2.05) is 0 Å². The highest BCUT2D eigenvalue weighted by Gasteiger charge is 2.36. The monoisotopic (exact) mass is 250 g/mol. The Balaban J connectivity index is 1.51. The third-order valence-electron chi connectivity index (χ3n) is 4.36. The number of ether oxygens (including phenoxy) is 1. The first-order valence-electron chi connectivity index (χ1n) is 7.63. The summed E-state index contributed by atoms with van der Waals surface area (Å²) < 4.78 is 5.41. The molecule has 3 atom stereocenters. The average molecular weight is 250 g/mol. The van der Waals surface area contributed by atoms with Crippen LogP contribution in [-0.4, -0.2) is 12.6 Å². The number of esters is 1. The van der Waals surface area contributed by atoms with Crippen LogP contribution < -0.4 is 0 Å². The van der Waals surface area contributed by atoms with Gasteiger partial charge in [-0.05, 0) is 37.0 Å². The Morgan fingerprint density at radius 3 is 2.67 bits per heavy atom. The molecule has 102 valence electrons. The highest BCUT2D eigenvalue weighted by molar-refractivity contribution is 5.69. The molecule has 0 radical (unpaired) electrons. The predicted octanol–water partition coefficient (Wildman–Crippen LogP) is 4.10. The summed E-state index contributed by atoms with van der Waals surface area (Å²) in [6.45, 7) is 2.86. The topological polar surface area (TPSA) is 26.3 Å². The Labute approximate surface area is 111 Å². The van der Waals surface area contributed by atoms with Gasteiger partial charge < -0.3 is 4.74 Å². The Hall–Kier alpha value is -0.790. The van der Waals surface area contributed by atoms with Gasteiger partial charge in [-0.3, -0.25) is 4.79 Å². The van der Waals surface area contributed by atoms with E-state index in [9.17, 15) is 4.79 Å². The smallest absolute Gasteiger partial charge is 0.305 e. The van der Waals surface area contributed by atoms with Crippen LogP contribution in [0.4, 0.5) is 0 Å². The van der Waals surface area contributed by atoms with E-state index in [-0.39, 0.29) is 5.97 Å². The molecular formula is C16H26O2. The fourth-order valence-electron chi connectivity index (χ4n) is 3.23. The van der Waals surface area contributed by atoms with Crippen LogP contribution in [0, 0.1) is 17.8 Å². The average Bonchev–Trinajstić information content (AvgIpc) is 2.98. The lowest BCUT2D eigenvalue weighted by molar-refractivity contribution is -0.145.